The minimum atomic E-state index is -0.284. The first-order valence-electron chi connectivity index (χ1n) is 7.55. The second-order valence-electron chi connectivity index (χ2n) is 5.45. The molecule has 0 spiro atoms. The first-order valence-corrected chi connectivity index (χ1v) is 7.55. The zero-order valence-electron chi connectivity index (χ0n) is 13.3. The second-order valence-corrected chi connectivity index (χ2v) is 5.45. The number of anilines is 2. The third-order valence-electron chi connectivity index (χ3n) is 3.11. The van der Waals surface area contributed by atoms with Gasteiger partial charge in [-0.2, -0.15) is 0 Å². The Balaban J connectivity index is 1.81. The first kappa shape index (κ1) is 16.7. The van der Waals surface area contributed by atoms with E-state index in [2.05, 4.69) is 20.9 Å². The predicted octanol–water partition coefficient (Wildman–Crippen LogP) is 3.41. The van der Waals surface area contributed by atoms with E-state index in [1.165, 1.54) is 6.07 Å². The van der Waals surface area contributed by atoms with E-state index in [0.717, 1.165) is 5.69 Å². The van der Waals surface area contributed by atoms with Crippen LogP contribution >= 0.6 is 0 Å². The number of pyridine rings is 1. The third-order valence-corrected chi connectivity index (χ3v) is 3.11. The average Bonchev–Trinajstić information content (AvgIpc) is 2.50. The van der Waals surface area contributed by atoms with Crippen LogP contribution < -0.4 is 16.0 Å². The molecule has 6 heteroatoms. The Kier molecular flexibility index (Phi) is 5.91. The summed E-state index contributed by atoms with van der Waals surface area (Å²) >= 11 is 0. The molecule has 0 aliphatic carbocycles. The lowest BCUT2D eigenvalue weighted by atomic mass is 10.1. The van der Waals surface area contributed by atoms with Crippen LogP contribution in [0.4, 0.5) is 20.7 Å². The molecule has 0 aliphatic rings. The lowest BCUT2D eigenvalue weighted by Crippen LogP contribution is -2.34. The predicted molar refractivity (Wildman–Crippen MR) is 90.1 cm³/mol. The van der Waals surface area contributed by atoms with Gasteiger partial charge in [0.05, 0.1) is 11.9 Å². The van der Waals surface area contributed by atoms with Crippen LogP contribution in [-0.2, 0) is 6.42 Å². The highest BCUT2D eigenvalue weighted by Crippen LogP contribution is 2.11. The molecule has 0 radical (unpaired) electrons. The molecular weight excluding hydrogens is 295 g/mol. The first-order chi connectivity index (χ1) is 11.0. The van der Waals surface area contributed by atoms with Gasteiger partial charge in [0.15, 0.2) is 0 Å². The number of nitrogens with zero attached hydrogens (tertiary/aromatic N) is 1. The van der Waals surface area contributed by atoms with Crippen molar-refractivity contribution in [1.82, 2.24) is 10.3 Å². The molecule has 0 fully saturated rings. The maximum Gasteiger partial charge on any atom is 0.320 e. The van der Waals surface area contributed by atoms with Gasteiger partial charge in [-0.15, -0.1) is 0 Å². The average molecular weight is 316 g/mol. The molecule has 0 atom stereocenters. The molecule has 0 saturated carbocycles. The van der Waals surface area contributed by atoms with Crippen LogP contribution in [-0.4, -0.2) is 23.6 Å². The molecule has 2 aromatic rings. The van der Waals surface area contributed by atoms with E-state index >= 15 is 0 Å². The van der Waals surface area contributed by atoms with Gasteiger partial charge >= 0.3 is 6.03 Å². The number of carbonyl (C=O) groups is 1. The van der Waals surface area contributed by atoms with Gasteiger partial charge in [0.1, 0.15) is 11.6 Å². The van der Waals surface area contributed by atoms with Crippen LogP contribution in [0, 0.1) is 5.82 Å². The minimum Gasteiger partial charge on any atom is -0.383 e. The van der Waals surface area contributed by atoms with Gasteiger partial charge in [-0.3, -0.25) is 5.32 Å². The van der Waals surface area contributed by atoms with Crippen molar-refractivity contribution >= 4 is 17.5 Å². The van der Waals surface area contributed by atoms with Crippen LogP contribution in [0.2, 0.25) is 0 Å². The van der Waals surface area contributed by atoms with Crippen LogP contribution in [0.15, 0.2) is 42.6 Å². The van der Waals surface area contributed by atoms with Crippen molar-refractivity contribution in [2.24, 2.45) is 0 Å². The number of halogens is 1. The second kappa shape index (κ2) is 8.12. The van der Waals surface area contributed by atoms with Crippen LogP contribution in [0.3, 0.4) is 0 Å². The molecule has 0 bridgehead atoms. The highest BCUT2D eigenvalue weighted by Gasteiger charge is 2.04. The summed E-state index contributed by atoms with van der Waals surface area (Å²) in [6, 6.07) is 10.0. The van der Waals surface area contributed by atoms with Gasteiger partial charge in [-0.05, 0) is 44.0 Å². The topological polar surface area (TPSA) is 66.1 Å². The summed E-state index contributed by atoms with van der Waals surface area (Å²) in [7, 11) is 0. The third kappa shape index (κ3) is 5.58. The van der Waals surface area contributed by atoms with Crippen molar-refractivity contribution in [3.63, 3.8) is 0 Å². The van der Waals surface area contributed by atoms with Crippen molar-refractivity contribution in [1.29, 1.82) is 0 Å². The van der Waals surface area contributed by atoms with Crippen molar-refractivity contribution in [3.05, 3.63) is 54.0 Å². The summed E-state index contributed by atoms with van der Waals surface area (Å²) in [6.07, 6.45) is 2.22. The standard InChI is InChI=1S/C17H21FN4O/c1-12(2)21-17(23)22-16-8-7-14(11-20-16)19-10-9-13-5-3-4-6-15(13)18/h3-8,11-12,19H,9-10H2,1-2H3,(H2,20,21,22,23). The lowest BCUT2D eigenvalue weighted by molar-refractivity contribution is 0.250. The fourth-order valence-electron chi connectivity index (χ4n) is 2.03. The molecule has 3 N–H and O–H groups in total. The fourth-order valence-corrected chi connectivity index (χ4v) is 2.03. The van der Waals surface area contributed by atoms with E-state index in [4.69, 9.17) is 0 Å². The van der Waals surface area contributed by atoms with Crippen molar-refractivity contribution in [3.8, 4) is 0 Å². The number of carbonyl (C=O) groups excluding carboxylic acids is 1. The maximum atomic E-state index is 13.5. The van der Waals surface area contributed by atoms with E-state index in [-0.39, 0.29) is 17.9 Å². The number of benzene rings is 1. The van der Waals surface area contributed by atoms with Crippen molar-refractivity contribution in [2.75, 3.05) is 17.2 Å². The quantitative estimate of drug-likeness (QED) is 0.765. The van der Waals surface area contributed by atoms with Gasteiger partial charge in [0.25, 0.3) is 0 Å². The number of rotatable bonds is 6. The molecule has 2 rings (SSSR count). The summed E-state index contributed by atoms with van der Waals surface area (Å²) in [4.78, 5) is 15.7. The number of urea groups is 1. The molecule has 1 aromatic carbocycles. The number of amides is 2. The number of nitrogens with one attached hydrogen (secondary N) is 3. The monoisotopic (exact) mass is 316 g/mol. The highest BCUT2D eigenvalue weighted by molar-refractivity contribution is 5.88. The van der Waals surface area contributed by atoms with Crippen LogP contribution in [0.5, 0.6) is 0 Å². The molecule has 0 saturated heterocycles. The van der Waals surface area contributed by atoms with E-state index < -0.39 is 0 Å². The summed E-state index contributed by atoms with van der Waals surface area (Å²) < 4.78 is 13.5. The molecule has 23 heavy (non-hydrogen) atoms. The van der Waals surface area contributed by atoms with Gasteiger partial charge in [-0.1, -0.05) is 18.2 Å². The Hall–Kier alpha value is -2.63. The van der Waals surface area contributed by atoms with Gasteiger partial charge < -0.3 is 10.6 Å². The van der Waals surface area contributed by atoms with Gasteiger partial charge in [-0.25, -0.2) is 14.2 Å². The Bertz CT molecular complexity index is 643. The Morgan fingerprint density at radius 2 is 2.00 bits per heavy atom. The maximum absolute atomic E-state index is 13.5. The number of hydrogen-bond donors (Lipinski definition) is 3. The minimum absolute atomic E-state index is 0.0642. The highest BCUT2D eigenvalue weighted by atomic mass is 19.1. The zero-order chi connectivity index (χ0) is 16.7. The molecule has 5 nitrogen and oxygen atoms in total. The van der Waals surface area contributed by atoms with Crippen molar-refractivity contribution in [2.45, 2.75) is 26.3 Å². The van der Waals surface area contributed by atoms with Crippen LogP contribution in [0.1, 0.15) is 19.4 Å². The van der Waals surface area contributed by atoms with E-state index in [0.29, 0.717) is 24.3 Å². The lowest BCUT2D eigenvalue weighted by Gasteiger charge is -2.10. The molecular formula is C17H21FN4O. The fraction of sp³-hybridized carbons (Fsp3) is 0.294. The van der Waals surface area contributed by atoms with Gasteiger partial charge in [0.2, 0.25) is 0 Å². The van der Waals surface area contributed by atoms with Crippen LogP contribution in [0.25, 0.3) is 0 Å². The molecule has 2 amide bonds. The summed E-state index contributed by atoms with van der Waals surface area (Å²) in [5.41, 5.74) is 1.49. The van der Waals surface area contributed by atoms with Crippen molar-refractivity contribution < 1.29 is 9.18 Å². The normalized spacial score (nSPS) is 10.4. The molecule has 0 aliphatic heterocycles. The van der Waals surface area contributed by atoms with E-state index in [1.807, 2.05) is 26.0 Å². The largest absolute Gasteiger partial charge is 0.383 e. The Morgan fingerprint density at radius 3 is 2.65 bits per heavy atom. The number of hydrogen-bond acceptors (Lipinski definition) is 3. The molecule has 122 valence electrons. The van der Waals surface area contributed by atoms with E-state index in [1.54, 1.807) is 24.4 Å². The smallest absolute Gasteiger partial charge is 0.320 e. The van der Waals surface area contributed by atoms with E-state index in [9.17, 15) is 9.18 Å². The SMILES string of the molecule is CC(C)NC(=O)Nc1ccc(NCCc2ccccc2F)cn1. The Morgan fingerprint density at radius 1 is 1.22 bits per heavy atom. The Labute approximate surface area is 135 Å². The summed E-state index contributed by atoms with van der Waals surface area (Å²) in [5.74, 6) is 0.283. The number of aromatic nitrogens is 1. The summed E-state index contributed by atoms with van der Waals surface area (Å²) in [5, 5.41) is 8.55. The molecule has 1 heterocycles. The molecule has 1 aromatic heterocycles. The summed E-state index contributed by atoms with van der Waals surface area (Å²) in [6.45, 7) is 4.37. The zero-order valence-corrected chi connectivity index (χ0v) is 13.3. The van der Waals surface area contributed by atoms with Gasteiger partial charge in [0, 0.05) is 12.6 Å². The molecule has 0 unspecified atom stereocenters.